The third kappa shape index (κ3) is 21.9. The molecule has 12 amide bonds. The highest BCUT2D eigenvalue weighted by Gasteiger charge is 2.49. The lowest BCUT2D eigenvalue weighted by Crippen LogP contribution is -2.62. The highest BCUT2D eigenvalue weighted by atomic mass is 35.5. The first-order valence-electron chi connectivity index (χ1n) is 37.1. The topological polar surface area (TPSA) is 270 Å². The number of alkyl halides is 4. The average molecular weight is 1440 g/mol. The summed E-state index contributed by atoms with van der Waals surface area (Å²) in [7, 11) is 10.0. The zero-order valence-corrected chi connectivity index (χ0v) is 62.6. The number of hydrogen-bond acceptors (Lipinski definition) is 12. The third-order valence-electron chi connectivity index (χ3n) is 22.5. The van der Waals surface area contributed by atoms with Crippen molar-refractivity contribution in [3.05, 3.63) is 0 Å². The van der Waals surface area contributed by atoms with Gasteiger partial charge in [-0.15, -0.1) is 11.6 Å². The fourth-order valence-corrected chi connectivity index (χ4v) is 16.3. The predicted molar refractivity (Wildman–Crippen MR) is 372 cm³/mol. The molecule has 12 atom stereocenters. The molecule has 3 saturated carbocycles. The summed E-state index contributed by atoms with van der Waals surface area (Å²) in [5.74, 6) is -11.3. The number of halogens is 4. The molecule has 0 aromatic carbocycles. The lowest BCUT2D eigenvalue weighted by Gasteiger charge is -2.42. The first-order chi connectivity index (χ1) is 47.1. The molecule has 3 aliphatic carbocycles. The maximum atomic E-state index is 15.7. The van der Waals surface area contributed by atoms with E-state index < -0.39 is 181 Å². The first kappa shape index (κ1) is 82.7. The smallest absolute Gasteiger partial charge is 0.343 e. The molecule has 0 bridgehead atoms. The normalized spacial score (nSPS) is 29.7. The summed E-state index contributed by atoms with van der Waals surface area (Å²) in [6, 6.07) is -9.84. The number of rotatable bonds is 12. The number of likely N-dealkylation sites (N-methyl/N-ethyl adjacent to an activating group) is 7. The van der Waals surface area contributed by atoms with Gasteiger partial charge in [-0.25, -0.2) is 0 Å². The van der Waals surface area contributed by atoms with E-state index in [9.17, 15) is 46.7 Å². The van der Waals surface area contributed by atoms with Crippen molar-refractivity contribution in [1.82, 2.24) is 60.0 Å². The monoisotopic (exact) mass is 1430 g/mol. The number of hydrogen-bond donors (Lipinski definition) is 3. The van der Waals surface area contributed by atoms with E-state index in [0.29, 0.717) is 51.6 Å². The summed E-state index contributed by atoms with van der Waals surface area (Å²) in [6.45, 7) is 10.00. The number of nitrogens with one attached hydrogen (secondary N) is 3. The SMILES string of the molecule is CC[C@H](C)[C@@H]1NC(=O)[C@H](CC(C)C)N(C)C(=O)C[C@@H](C(=O)N2CCCCC2)N(C)C(=O)[C@H](C2CCCCC2)N(C)C(=O)[C@H](C(C)C)NC(=O)[C@@H]2CCCN2C(=O)[C@H](CCC2CCC(C(F)(F)F)C(Cl)C2)NC(=O)CN(C)C(=O)[C@H](CC2CCCCC2)N(C)C(=O)CN(C)C(=O)CN(C)C1=O. The van der Waals surface area contributed by atoms with Crippen molar-refractivity contribution in [1.29, 1.82) is 0 Å². The second-order valence-electron chi connectivity index (χ2n) is 30.7. The van der Waals surface area contributed by atoms with Gasteiger partial charge in [0, 0.05) is 74.3 Å². The van der Waals surface area contributed by atoms with Gasteiger partial charge in [0.05, 0.1) is 32.0 Å². The quantitative estimate of drug-likeness (QED) is 0.185. The van der Waals surface area contributed by atoms with E-state index in [0.717, 1.165) is 72.5 Å². The minimum Gasteiger partial charge on any atom is -0.343 e. The van der Waals surface area contributed by atoms with Gasteiger partial charge in [0.2, 0.25) is 70.9 Å². The molecule has 3 aliphatic heterocycles. The van der Waals surface area contributed by atoms with Crippen LogP contribution in [-0.4, -0.2) is 263 Å². The van der Waals surface area contributed by atoms with Gasteiger partial charge in [0.25, 0.3) is 0 Å². The van der Waals surface area contributed by atoms with Crippen LogP contribution < -0.4 is 16.0 Å². The van der Waals surface area contributed by atoms with Gasteiger partial charge < -0.3 is 60.0 Å². The second-order valence-corrected chi connectivity index (χ2v) is 31.3. The number of carbonyl (C=O) groups is 12. The Morgan fingerprint density at radius 1 is 0.540 bits per heavy atom. The van der Waals surface area contributed by atoms with E-state index in [-0.39, 0.29) is 75.7 Å². The zero-order valence-electron chi connectivity index (χ0n) is 61.9. The van der Waals surface area contributed by atoms with Gasteiger partial charge in [-0.05, 0) is 125 Å². The van der Waals surface area contributed by atoms with Crippen LogP contribution in [-0.2, 0) is 57.5 Å². The van der Waals surface area contributed by atoms with Crippen LogP contribution in [0.3, 0.4) is 0 Å². The van der Waals surface area contributed by atoms with E-state index in [1.807, 2.05) is 20.8 Å². The molecule has 28 heteroatoms. The van der Waals surface area contributed by atoms with Crippen LogP contribution in [0, 0.1) is 41.4 Å². The summed E-state index contributed by atoms with van der Waals surface area (Å²) in [5, 5.41) is 7.44. The van der Waals surface area contributed by atoms with Crippen molar-refractivity contribution in [3.63, 3.8) is 0 Å². The molecular formula is C72H118ClF3N12O12. The molecule has 3 heterocycles. The van der Waals surface area contributed by atoms with Gasteiger partial charge in [-0.1, -0.05) is 99.3 Å². The van der Waals surface area contributed by atoms with Crippen LogP contribution in [0.1, 0.15) is 196 Å². The number of likely N-dealkylation sites (tertiary alicyclic amines) is 1. The fraction of sp³-hybridized carbons (Fsp3) is 0.833. The van der Waals surface area contributed by atoms with E-state index in [1.165, 1.54) is 73.8 Å². The Kier molecular flexibility index (Phi) is 31.2. The Morgan fingerprint density at radius 2 is 1.12 bits per heavy atom. The minimum atomic E-state index is -4.51. The molecule has 6 rings (SSSR count). The number of amides is 12. The number of carbonyl (C=O) groups excluding carboxylic acids is 12. The summed E-state index contributed by atoms with van der Waals surface area (Å²) in [5.41, 5.74) is 0. The molecule has 6 aliphatic rings. The molecule has 100 heavy (non-hydrogen) atoms. The average Bonchev–Trinajstić information content (AvgIpc) is 1.02. The standard InChI is InChI=1S/C72H118ClF3N12O12/c1-14-46(6)62-69(98)82(9)42-59(91)80(7)43-60(92)84(11)55(39-47-25-18-15-19-26-47)67(96)81(8)41-57(89)77-52(33-31-48-30-32-50(51(73)38-48)72(74,75)76)66(95)88-36-24-29-53(88)64(93)78-61(45(4)5)70(99)86(13)63(49-27-20-16-21-28-49)71(100)85(12)56(68(97)87-34-22-17-23-35-87)40-58(90)83(10)54(37-44(2)3)65(94)79-62/h44-56,61-63H,14-43H2,1-13H3,(H,77,89)(H,78,93)(H,79,94)/t46-,48?,50?,51?,52-,53-,54-,55-,56-,61-,62-,63-/m0/s1. The van der Waals surface area contributed by atoms with Gasteiger partial charge in [0.1, 0.15) is 48.3 Å². The lowest BCUT2D eigenvalue weighted by molar-refractivity contribution is -0.182. The maximum Gasteiger partial charge on any atom is 0.393 e. The largest absolute Gasteiger partial charge is 0.393 e. The van der Waals surface area contributed by atoms with Gasteiger partial charge in [-0.2, -0.15) is 13.2 Å². The minimum absolute atomic E-state index is 0.00234. The Hall–Kier alpha value is -6.28. The van der Waals surface area contributed by atoms with Crippen LogP contribution in [0.15, 0.2) is 0 Å². The highest BCUT2D eigenvalue weighted by molar-refractivity contribution is 6.20. The van der Waals surface area contributed by atoms with E-state index >= 15 is 24.0 Å². The fourth-order valence-electron chi connectivity index (χ4n) is 15.8. The summed E-state index contributed by atoms with van der Waals surface area (Å²) in [6.07, 6.45) is 6.35. The Balaban J connectivity index is 1.42. The van der Waals surface area contributed by atoms with Crippen LogP contribution in [0.5, 0.6) is 0 Å². The summed E-state index contributed by atoms with van der Waals surface area (Å²) >= 11 is 6.40. The number of piperidine rings is 1. The molecule has 3 N–H and O–H groups in total. The molecule has 0 aromatic rings. The maximum absolute atomic E-state index is 15.7. The van der Waals surface area contributed by atoms with Gasteiger partial charge in [0.15, 0.2) is 0 Å². The molecule has 6 fully saturated rings. The Bertz CT molecular complexity index is 2850. The van der Waals surface area contributed by atoms with Crippen LogP contribution in [0.4, 0.5) is 13.2 Å². The van der Waals surface area contributed by atoms with Crippen molar-refractivity contribution in [2.45, 2.75) is 256 Å². The number of fused-ring (bicyclic) bond motifs is 1. The van der Waals surface area contributed by atoms with Crippen molar-refractivity contribution in [2.24, 2.45) is 41.4 Å². The highest BCUT2D eigenvalue weighted by Crippen LogP contribution is 2.44. The van der Waals surface area contributed by atoms with Crippen molar-refractivity contribution < 1.29 is 70.7 Å². The van der Waals surface area contributed by atoms with Crippen LogP contribution >= 0.6 is 11.6 Å². The molecule has 3 saturated heterocycles. The number of nitrogens with zero attached hydrogens (tertiary/aromatic N) is 9. The summed E-state index contributed by atoms with van der Waals surface area (Å²) in [4.78, 5) is 190. The van der Waals surface area contributed by atoms with Crippen LogP contribution in [0.2, 0.25) is 0 Å². The lowest BCUT2D eigenvalue weighted by atomic mass is 9.78. The second kappa shape index (κ2) is 37.8. The van der Waals surface area contributed by atoms with Gasteiger partial charge in [-0.3, -0.25) is 57.5 Å². The molecule has 566 valence electrons. The predicted octanol–water partition coefficient (Wildman–Crippen LogP) is 6.20. The third-order valence-corrected chi connectivity index (χ3v) is 23.0. The molecular weight excluding hydrogens is 1320 g/mol. The molecule has 3 unspecified atom stereocenters. The Morgan fingerprint density at radius 3 is 1.71 bits per heavy atom. The summed E-state index contributed by atoms with van der Waals surface area (Å²) < 4.78 is 42.0. The van der Waals surface area contributed by atoms with E-state index in [4.69, 9.17) is 11.6 Å². The van der Waals surface area contributed by atoms with Gasteiger partial charge >= 0.3 is 6.18 Å². The molecule has 0 aromatic heterocycles. The van der Waals surface area contributed by atoms with Crippen molar-refractivity contribution in [2.75, 3.05) is 88.6 Å². The van der Waals surface area contributed by atoms with Crippen LogP contribution in [0.25, 0.3) is 0 Å². The van der Waals surface area contributed by atoms with Crippen molar-refractivity contribution in [3.8, 4) is 0 Å². The Labute approximate surface area is 596 Å². The molecule has 0 radical (unpaired) electrons. The first-order valence-corrected chi connectivity index (χ1v) is 37.5. The zero-order chi connectivity index (χ0) is 74.2. The van der Waals surface area contributed by atoms with Crippen molar-refractivity contribution >= 4 is 82.5 Å². The molecule has 24 nitrogen and oxygen atoms in total. The van der Waals surface area contributed by atoms with E-state index in [1.54, 1.807) is 25.7 Å². The van der Waals surface area contributed by atoms with E-state index in [2.05, 4.69) is 16.0 Å². The molecule has 0 spiro atoms.